The second-order valence-corrected chi connectivity index (χ2v) is 16.7. The highest BCUT2D eigenvalue weighted by atomic mass is 28.4. The second-order valence-electron chi connectivity index (χ2n) is 8.55. The fourth-order valence-electron chi connectivity index (χ4n) is 4.50. The summed E-state index contributed by atoms with van der Waals surface area (Å²) in [4.78, 5) is 11.9. The van der Waals surface area contributed by atoms with E-state index in [0.29, 0.717) is 55.6 Å². The van der Waals surface area contributed by atoms with Crippen LogP contribution >= 0.6 is 0 Å². The second kappa shape index (κ2) is 14.7. The lowest BCUT2D eigenvalue weighted by atomic mass is 10.3. The van der Waals surface area contributed by atoms with Gasteiger partial charge in [-0.2, -0.15) is 0 Å². The van der Waals surface area contributed by atoms with E-state index in [1.807, 2.05) is 20.8 Å². The van der Waals surface area contributed by atoms with Gasteiger partial charge in [0.15, 0.2) is 6.10 Å². The standard InChI is InChI=1S/C21H47NO6Si2/c1-10-25-29(26-11-2,27-12-3)15-13-14-22-16-20(21(23)24)28-30(17(4)5,18(6)7)19(8)9/h17-20,22H,10-16H2,1-9H3,(H,23,24). The lowest BCUT2D eigenvalue weighted by Gasteiger charge is -2.43. The number of hydrogen-bond donors (Lipinski definition) is 2. The number of nitrogens with one attached hydrogen (secondary N) is 1. The summed E-state index contributed by atoms with van der Waals surface area (Å²) in [5.74, 6) is -0.900. The Kier molecular flexibility index (Phi) is 14.6. The van der Waals surface area contributed by atoms with Crippen molar-refractivity contribution in [2.75, 3.05) is 32.9 Å². The van der Waals surface area contributed by atoms with Crippen LogP contribution in [-0.2, 0) is 22.5 Å². The topological polar surface area (TPSA) is 86.3 Å². The number of rotatable bonds is 18. The lowest BCUT2D eigenvalue weighted by molar-refractivity contribution is -0.145. The predicted octanol–water partition coefficient (Wildman–Crippen LogP) is 4.66. The highest BCUT2D eigenvalue weighted by molar-refractivity contribution is 6.77. The largest absolute Gasteiger partial charge is 0.500 e. The molecule has 7 nitrogen and oxygen atoms in total. The maximum atomic E-state index is 11.9. The molecule has 0 aliphatic carbocycles. The summed E-state index contributed by atoms with van der Waals surface area (Å²) in [7, 11) is -4.92. The molecule has 0 radical (unpaired) electrons. The summed E-state index contributed by atoms with van der Waals surface area (Å²) in [6, 6.07) is 0.705. The molecule has 0 aromatic carbocycles. The fourth-order valence-corrected chi connectivity index (χ4v) is 12.6. The summed E-state index contributed by atoms with van der Waals surface area (Å²) in [6.07, 6.45) is -0.0452. The SMILES string of the molecule is CCO[Si](CCCNCC(O[Si](C(C)C)(C(C)C)C(C)C)C(=O)O)(OCC)OCC. The maximum absolute atomic E-state index is 11.9. The van der Waals surface area contributed by atoms with Crippen molar-refractivity contribution in [1.82, 2.24) is 5.32 Å². The molecule has 1 unspecified atom stereocenters. The Bertz CT molecular complexity index is 438. The molecule has 0 amide bonds. The zero-order valence-corrected chi connectivity index (χ0v) is 22.7. The van der Waals surface area contributed by atoms with Crippen molar-refractivity contribution < 1.29 is 27.6 Å². The number of aliphatic carboxylic acids is 1. The van der Waals surface area contributed by atoms with Crippen LogP contribution in [0.4, 0.5) is 0 Å². The molecule has 1 atom stereocenters. The van der Waals surface area contributed by atoms with Crippen LogP contribution < -0.4 is 5.32 Å². The molecule has 0 heterocycles. The van der Waals surface area contributed by atoms with E-state index in [-0.39, 0.29) is 0 Å². The molecular weight excluding hydrogens is 418 g/mol. The predicted molar refractivity (Wildman–Crippen MR) is 126 cm³/mol. The van der Waals surface area contributed by atoms with Crippen LogP contribution in [0, 0.1) is 0 Å². The third kappa shape index (κ3) is 8.68. The average Bonchev–Trinajstić information content (AvgIpc) is 2.63. The Labute approximate surface area is 186 Å². The van der Waals surface area contributed by atoms with E-state index in [2.05, 4.69) is 46.9 Å². The summed E-state index contributed by atoms with van der Waals surface area (Å²) >= 11 is 0. The first kappa shape index (κ1) is 29.7. The first-order valence-electron chi connectivity index (χ1n) is 11.6. The van der Waals surface area contributed by atoms with Gasteiger partial charge in [0.1, 0.15) is 0 Å². The Morgan fingerprint density at radius 1 is 0.867 bits per heavy atom. The molecule has 0 aliphatic heterocycles. The third-order valence-corrected chi connectivity index (χ3v) is 14.8. The minimum Gasteiger partial charge on any atom is -0.479 e. The summed E-state index contributed by atoms with van der Waals surface area (Å²) in [6.45, 7) is 21.4. The van der Waals surface area contributed by atoms with E-state index in [1.54, 1.807) is 0 Å². The molecule has 0 aromatic rings. The van der Waals surface area contributed by atoms with Crippen LogP contribution in [-0.4, -0.2) is 67.2 Å². The molecule has 180 valence electrons. The van der Waals surface area contributed by atoms with E-state index in [9.17, 15) is 9.90 Å². The molecule has 0 fully saturated rings. The number of carboxylic acid groups (broad SMARTS) is 1. The minimum atomic E-state index is -2.66. The summed E-state index contributed by atoms with van der Waals surface area (Å²) < 4.78 is 24.1. The normalized spacial score (nSPS) is 14.1. The number of carboxylic acids is 1. The number of hydrogen-bond acceptors (Lipinski definition) is 6. The van der Waals surface area contributed by atoms with Gasteiger partial charge in [0.25, 0.3) is 0 Å². The van der Waals surface area contributed by atoms with E-state index >= 15 is 0 Å². The van der Waals surface area contributed by atoms with Crippen molar-refractivity contribution in [2.24, 2.45) is 0 Å². The fraction of sp³-hybridized carbons (Fsp3) is 0.952. The van der Waals surface area contributed by atoms with Crippen molar-refractivity contribution >= 4 is 23.1 Å². The van der Waals surface area contributed by atoms with Gasteiger partial charge in [0, 0.05) is 32.4 Å². The van der Waals surface area contributed by atoms with E-state index < -0.39 is 29.2 Å². The molecule has 0 saturated carbocycles. The van der Waals surface area contributed by atoms with Crippen molar-refractivity contribution in [3.63, 3.8) is 0 Å². The molecule has 2 N–H and O–H groups in total. The Hall–Kier alpha value is -0.296. The molecule has 0 aliphatic rings. The van der Waals surface area contributed by atoms with Crippen LogP contribution in [0.25, 0.3) is 0 Å². The van der Waals surface area contributed by atoms with Gasteiger partial charge in [-0.3, -0.25) is 0 Å². The van der Waals surface area contributed by atoms with Crippen molar-refractivity contribution in [2.45, 2.75) is 97.5 Å². The summed E-state index contributed by atoms with van der Waals surface area (Å²) in [5, 5.41) is 13.1. The zero-order valence-electron chi connectivity index (χ0n) is 20.7. The van der Waals surface area contributed by atoms with Crippen LogP contribution in [0.15, 0.2) is 0 Å². The smallest absolute Gasteiger partial charge is 0.479 e. The van der Waals surface area contributed by atoms with Crippen LogP contribution in [0.2, 0.25) is 22.7 Å². The van der Waals surface area contributed by atoms with Gasteiger partial charge in [0.2, 0.25) is 8.32 Å². The lowest BCUT2D eigenvalue weighted by Crippen LogP contribution is -2.53. The Morgan fingerprint density at radius 3 is 1.63 bits per heavy atom. The molecule has 0 bridgehead atoms. The molecule has 30 heavy (non-hydrogen) atoms. The van der Waals surface area contributed by atoms with Crippen molar-refractivity contribution in [3.05, 3.63) is 0 Å². The monoisotopic (exact) mass is 465 g/mol. The minimum absolute atomic E-state index is 0.294. The van der Waals surface area contributed by atoms with Gasteiger partial charge in [-0.15, -0.1) is 0 Å². The summed E-state index contributed by atoms with van der Waals surface area (Å²) in [5.41, 5.74) is 1.03. The van der Waals surface area contributed by atoms with Gasteiger partial charge in [-0.25, -0.2) is 4.79 Å². The molecule has 0 spiro atoms. The van der Waals surface area contributed by atoms with Crippen LogP contribution in [0.5, 0.6) is 0 Å². The van der Waals surface area contributed by atoms with Crippen LogP contribution in [0.1, 0.15) is 68.7 Å². The molecular formula is C21H47NO6Si2. The number of carbonyl (C=O) groups is 1. The Morgan fingerprint density at radius 2 is 1.30 bits per heavy atom. The van der Waals surface area contributed by atoms with E-state index in [0.717, 1.165) is 6.42 Å². The van der Waals surface area contributed by atoms with Gasteiger partial charge in [-0.05, 0) is 50.4 Å². The maximum Gasteiger partial charge on any atom is 0.500 e. The highest BCUT2D eigenvalue weighted by Crippen LogP contribution is 2.42. The van der Waals surface area contributed by atoms with E-state index in [1.165, 1.54) is 0 Å². The first-order chi connectivity index (χ1) is 14.0. The molecule has 0 rings (SSSR count). The molecule has 0 aromatic heterocycles. The zero-order chi connectivity index (χ0) is 23.4. The van der Waals surface area contributed by atoms with Crippen molar-refractivity contribution in [1.29, 1.82) is 0 Å². The van der Waals surface area contributed by atoms with Crippen molar-refractivity contribution in [3.8, 4) is 0 Å². The highest BCUT2D eigenvalue weighted by Gasteiger charge is 2.47. The van der Waals surface area contributed by atoms with Gasteiger partial charge in [-0.1, -0.05) is 41.5 Å². The van der Waals surface area contributed by atoms with E-state index in [4.69, 9.17) is 17.7 Å². The molecule has 0 saturated heterocycles. The third-order valence-electron chi connectivity index (χ3n) is 5.59. The first-order valence-corrected chi connectivity index (χ1v) is 15.6. The Balaban J connectivity index is 4.95. The van der Waals surface area contributed by atoms with Gasteiger partial charge in [0.05, 0.1) is 0 Å². The van der Waals surface area contributed by atoms with Gasteiger partial charge < -0.3 is 28.1 Å². The molecule has 9 heteroatoms. The van der Waals surface area contributed by atoms with Gasteiger partial charge >= 0.3 is 14.8 Å². The quantitative estimate of drug-likeness (QED) is 0.225. The average molecular weight is 466 g/mol. The van der Waals surface area contributed by atoms with Crippen LogP contribution in [0.3, 0.4) is 0 Å².